The zero-order valence-electron chi connectivity index (χ0n) is 17.8. The number of nitrogens with one attached hydrogen (secondary N) is 3. The number of carboxylic acids is 1. The number of carbonyl (C=O) groups is 1. The van der Waals surface area contributed by atoms with E-state index < -0.39 is 5.97 Å². The van der Waals surface area contributed by atoms with Crippen molar-refractivity contribution >= 4 is 17.5 Å². The summed E-state index contributed by atoms with van der Waals surface area (Å²) < 4.78 is 1.78. The van der Waals surface area contributed by atoms with Crippen LogP contribution in [0.25, 0.3) is 11.1 Å². The van der Waals surface area contributed by atoms with Crippen LogP contribution in [0.15, 0.2) is 48.9 Å². The summed E-state index contributed by atoms with van der Waals surface area (Å²) in [6, 6.07) is 10.3. The molecule has 0 fully saturated rings. The summed E-state index contributed by atoms with van der Waals surface area (Å²) in [4.78, 5) is 15.5. The highest BCUT2D eigenvalue weighted by Gasteiger charge is 2.23. The van der Waals surface area contributed by atoms with Gasteiger partial charge in [-0.2, -0.15) is 5.10 Å². The summed E-state index contributed by atoms with van der Waals surface area (Å²) in [5.74, 6) is 0.0557. The van der Waals surface area contributed by atoms with E-state index in [1.165, 1.54) is 0 Å². The van der Waals surface area contributed by atoms with Crippen molar-refractivity contribution in [2.45, 2.75) is 31.8 Å². The number of aromatic nitrogens is 3. The molecule has 1 aromatic carbocycles. The van der Waals surface area contributed by atoms with Crippen LogP contribution in [-0.2, 0) is 24.7 Å². The Morgan fingerprint density at radius 3 is 2.90 bits per heavy atom. The van der Waals surface area contributed by atoms with Crippen LogP contribution >= 0.6 is 0 Å². The topological polar surface area (TPSA) is 104 Å². The summed E-state index contributed by atoms with van der Waals surface area (Å²) >= 11 is 0. The molecule has 0 saturated carbocycles. The standard InChI is InChI=1S/C23H28N6O2/c1-15(24-7-6-16-4-3-5-17(8-16)9-22(30)31)21-13-25-20-10-18(11-26-23(20)28-21)19-12-27-29(2)14-19/h3-5,8,10-12,14-15,21,24-25H,6-7,9,13H2,1-2H3,(H,26,28)(H,30,31)/t15-,21-/m1/s1. The monoisotopic (exact) mass is 420 g/mol. The Labute approximate surface area is 181 Å². The van der Waals surface area contributed by atoms with Gasteiger partial charge in [-0.15, -0.1) is 0 Å². The van der Waals surface area contributed by atoms with Crippen LogP contribution in [0.2, 0.25) is 0 Å². The maximum Gasteiger partial charge on any atom is 0.307 e. The molecule has 31 heavy (non-hydrogen) atoms. The zero-order valence-corrected chi connectivity index (χ0v) is 17.8. The molecule has 0 amide bonds. The number of hydrogen-bond donors (Lipinski definition) is 4. The van der Waals surface area contributed by atoms with Crippen molar-refractivity contribution in [2.75, 3.05) is 23.7 Å². The molecule has 1 aliphatic rings. The second-order valence-electron chi connectivity index (χ2n) is 8.04. The first kappa shape index (κ1) is 20.9. The Bertz CT molecular complexity index is 1060. The average Bonchev–Trinajstić information content (AvgIpc) is 3.19. The van der Waals surface area contributed by atoms with E-state index in [4.69, 9.17) is 5.11 Å². The van der Waals surface area contributed by atoms with Crippen molar-refractivity contribution in [2.24, 2.45) is 7.05 Å². The number of carboxylic acid groups (broad SMARTS) is 1. The number of aliphatic carboxylic acids is 1. The Balaban J connectivity index is 1.31. The van der Waals surface area contributed by atoms with Gasteiger partial charge in [-0.25, -0.2) is 4.98 Å². The van der Waals surface area contributed by atoms with Gasteiger partial charge in [0.1, 0.15) is 5.82 Å². The molecule has 0 radical (unpaired) electrons. The third-order valence-corrected chi connectivity index (χ3v) is 5.59. The molecule has 1 aliphatic heterocycles. The van der Waals surface area contributed by atoms with Crippen LogP contribution in [0.1, 0.15) is 18.1 Å². The number of nitrogens with zero attached hydrogens (tertiary/aromatic N) is 3. The third-order valence-electron chi connectivity index (χ3n) is 5.59. The van der Waals surface area contributed by atoms with Gasteiger partial charge in [-0.1, -0.05) is 24.3 Å². The molecule has 2 atom stereocenters. The minimum atomic E-state index is -0.804. The second-order valence-corrected chi connectivity index (χ2v) is 8.04. The first-order chi connectivity index (χ1) is 15.0. The molecule has 4 N–H and O–H groups in total. The van der Waals surface area contributed by atoms with Crippen LogP contribution in [-0.4, -0.2) is 51.0 Å². The van der Waals surface area contributed by atoms with Crippen molar-refractivity contribution < 1.29 is 9.90 Å². The number of aryl methyl sites for hydroxylation is 1. The number of rotatable bonds is 8. The highest BCUT2D eigenvalue weighted by molar-refractivity contribution is 5.75. The van der Waals surface area contributed by atoms with Crippen LogP contribution < -0.4 is 16.0 Å². The first-order valence-corrected chi connectivity index (χ1v) is 10.5. The molecular weight excluding hydrogens is 392 g/mol. The lowest BCUT2D eigenvalue weighted by molar-refractivity contribution is -0.136. The van der Waals surface area contributed by atoms with Gasteiger partial charge in [0.2, 0.25) is 0 Å². The Morgan fingerprint density at radius 1 is 1.29 bits per heavy atom. The maximum atomic E-state index is 10.9. The molecule has 0 spiro atoms. The van der Waals surface area contributed by atoms with E-state index in [1.54, 1.807) is 4.68 Å². The fourth-order valence-electron chi connectivity index (χ4n) is 3.85. The smallest absolute Gasteiger partial charge is 0.307 e. The minimum absolute atomic E-state index is 0.0598. The van der Waals surface area contributed by atoms with Gasteiger partial charge in [0.15, 0.2) is 0 Å². The summed E-state index contributed by atoms with van der Waals surface area (Å²) in [5.41, 5.74) is 5.06. The van der Waals surface area contributed by atoms with E-state index in [1.807, 2.05) is 49.9 Å². The summed E-state index contributed by atoms with van der Waals surface area (Å²) in [7, 11) is 1.90. The minimum Gasteiger partial charge on any atom is -0.481 e. The van der Waals surface area contributed by atoms with Crippen LogP contribution in [0.4, 0.5) is 11.5 Å². The predicted octanol–water partition coefficient (Wildman–Crippen LogP) is 2.54. The maximum absolute atomic E-state index is 10.9. The molecule has 2 aromatic heterocycles. The number of hydrogen-bond acceptors (Lipinski definition) is 6. The first-order valence-electron chi connectivity index (χ1n) is 10.5. The predicted molar refractivity (Wildman–Crippen MR) is 121 cm³/mol. The third kappa shape index (κ3) is 5.21. The fourth-order valence-corrected chi connectivity index (χ4v) is 3.85. The van der Waals surface area contributed by atoms with E-state index >= 15 is 0 Å². The number of benzene rings is 1. The lowest BCUT2D eigenvalue weighted by Crippen LogP contribution is -2.48. The largest absolute Gasteiger partial charge is 0.481 e. The van der Waals surface area contributed by atoms with Gasteiger partial charge in [-0.3, -0.25) is 9.48 Å². The van der Waals surface area contributed by atoms with E-state index in [-0.39, 0.29) is 18.5 Å². The van der Waals surface area contributed by atoms with Gasteiger partial charge in [-0.05, 0) is 37.1 Å². The number of fused-ring (bicyclic) bond motifs is 1. The van der Waals surface area contributed by atoms with Gasteiger partial charge in [0.25, 0.3) is 0 Å². The molecular formula is C23H28N6O2. The van der Waals surface area contributed by atoms with Crippen molar-refractivity contribution in [3.8, 4) is 11.1 Å². The molecule has 3 aromatic rings. The van der Waals surface area contributed by atoms with E-state index in [9.17, 15) is 4.79 Å². The molecule has 3 heterocycles. The molecule has 4 rings (SSSR count). The zero-order chi connectivity index (χ0) is 21.8. The number of anilines is 2. The molecule has 8 nitrogen and oxygen atoms in total. The highest BCUT2D eigenvalue weighted by Crippen LogP contribution is 2.29. The molecule has 8 heteroatoms. The van der Waals surface area contributed by atoms with Crippen LogP contribution in [0.3, 0.4) is 0 Å². The Hall–Kier alpha value is -3.39. The lowest BCUT2D eigenvalue weighted by Gasteiger charge is -2.32. The van der Waals surface area contributed by atoms with Gasteiger partial charge < -0.3 is 21.1 Å². The highest BCUT2D eigenvalue weighted by atomic mass is 16.4. The van der Waals surface area contributed by atoms with Gasteiger partial charge in [0.05, 0.1) is 24.3 Å². The average molecular weight is 421 g/mol. The normalized spacial score (nSPS) is 16.1. The molecule has 0 bridgehead atoms. The summed E-state index contributed by atoms with van der Waals surface area (Å²) in [6.07, 6.45) is 6.60. The number of pyridine rings is 1. The van der Waals surface area contributed by atoms with Crippen molar-refractivity contribution in [1.29, 1.82) is 0 Å². The molecule has 162 valence electrons. The summed E-state index contributed by atoms with van der Waals surface area (Å²) in [6.45, 7) is 3.78. The van der Waals surface area contributed by atoms with Crippen molar-refractivity contribution in [1.82, 2.24) is 20.1 Å². The lowest BCUT2D eigenvalue weighted by atomic mass is 10.0. The Kier molecular flexibility index (Phi) is 6.18. The fraction of sp³-hybridized carbons (Fsp3) is 0.348. The quantitative estimate of drug-likeness (QED) is 0.444. The molecule has 0 aliphatic carbocycles. The second kappa shape index (κ2) is 9.18. The van der Waals surface area contributed by atoms with Crippen LogP contribution in [0, 0.1) is 0 Å². The SMILES string of the molecule is C[C@@H](NCCc1cccc(CC(=O)O)c1)[C@H]1CNc2cc(-c3cnn(C)c3)cnc2N1. The summed E-state index contributed by atoms with van der Waals surface area (Å²) in [5, 5.41) is 23.8. The van der Waals surface area contributed by atoms with Crippen molar-refractivity contribution in [3.05, 3.63) is 60.0 Å². The van der Waals surface area contributed by atoms with E-state index in [0.29, 0.717) is 0 Å². The van der Waals surface area contributed by atoms with Gasteiger partial charge in [0, 0.05) is 43.2 Å². The van der Waals surface area contributed by atoms with E-state index in [0.717, 1.165) is 53.3 Å². The molecule has 0 unspecified atom stereocenters. The Morgan fingerprint density at radius 2 is 2.13 bits per heavy atom. The van der Waals surface area contributed by atoms with Crippen molar-refractivity contribution in [3.63, 3.8) is 0 Å². The van der Waals surface area contributed by atoms with Gasteiger partial charge >= 0.3 is 5.97 Å². The van der Waals surface area contributed by atoms with Crippen LogP contribution in [0.5, 0.6) is 0 Å². The van der Waals surface area contributed by atoms with E-state index in [2.05, 4.69) is 39.0 Å². The molecule has 0 saturated heterocycles.